The maximum Gasteiger partial charge on any atom is 0.341 e. The number of carboxylic acid groups (broad SMARTS) is 1. The lowest BCUT2D eigenvalue weighted by Gasteiger charge is -2.34. The van der Waals surface area contributed by atoms with Crippen molar-refractivity contribution in [2.45, 2.75) is 64.7 Å². The Balaban J connectivity index is 2.04. The Hall–Kier alpha value is -2.48. The van der Waals surface area contributed by atoms with Crippen LogP contribution < -0.4 is 15.6 Å². The maximum absolute atomic E-state index is 15.4. The van der Waals surface area contributed by atoms with Gasteiger partial charge in [0.25, 0.3) is 0 Å². The summed E-state index contributed by atoms with van der Waals surface area (Å²) in [4.78, 5) is 31.0. The van der Waals surface area contributed by atoms with Crippen LogP contribution in [0.2, 0.25) is 0 Å². The number of aryl methyl sites for hydroxylation is 1. The zero-order valence-electron chi connectivity index (χ0n) is 16.7. The zero-order chi connectivity index (χ0) is 20.5. The third-order valence-electron chi connectivity index (χ3n) is 5.94. The maximum atomic E-state index is 15.4. The molecule has 3 atom stereocenters. The number of aromatic carboxylic acids is 1. The average molecular weight is 388 g/mol. The predicted octanol–water partition coefficient (Wildman–Crippen LogP) is 2.24. The van der Waals surface area contributed by atoms with Crippen LogP contribution in [0.4, 0.5) is 10.2 Å². The molecule has 7 nitrogen and oxygen atoms in total. The largest absolute Gasteiger partial charge is 0.477 e. The molecule has 2 saturated heterocycles. The van der Waals surface area contributed by atoms with E-state index in [-0.39, 0.29) is 34.4 Å². The van der Waals surface area contributed by atoms with Crippen LogP contribution in [0.5, 0.6) is 0 Å². The normalized spacial score (nSPS) is 24.4. The van der Waals surface area contributed by atoms with Crippen molar-refractivity contribution in [2.75, 3.05) is 11.4 Å². The summed E-state index contributed by atoms with van der Waals surface area (Å²) in [5.41, 5.74) is -1.15. The molecule has 4 heterocycles. The Morgan fingerprint density at radius 2 is 2.07 bits per heavy atom. The van der Waals surface area contributed by atoms with Crippen LogP contribution in [0.1, 0.15) is 50.0 Å². The highest BCUT2D eigenvalue weighted by molar-refractivity contribution is 5.93. The Morgan fingerprint density at radius 3 is 2.61 bits per heavy atom. The first kappa shape index (κ1) is 18.9. The van der Waals surface area contributed by atoms with Gasteiger partial charge >= 0.3 is 5.97 Å². The molecule has 8 heteroatoms. The van der Waals surface area contributed by atoms with E-state index in [2.05, 4.69) is 17.2 Å². The number of fused-ring (bicyclic) bond motifs is 3. The van der Waals surface area contributed by atoms with Crippen LogP contribution in [0.25, 0.3) is 11.0 Å². The minimum Gasteiger partial charge on any atom is -0.477 e. The second-order valence-corrected chi connectivity index (χ2v) is 8.90. The molecule has 28 heavy (non-hydrogen) atoms. The van der Waals surface area contributed by atoms with E-state index in [0.717, 1.165) is 6.42 Å². The van der Waals surface area contributed by atoms with Crippen molar-refractivity contribution in [1.29, 1.82) is 0 Å². The first-order valence-electron chi connectivity index (χ1n) is 9.52. The lowest BCUT2D eigenvalue weighted by molar-refractivity contribution is 0.0694. The van der Waals surface area contributed by atoms with Crippen LogP contribution in [0, 0.1) is 12.7 Å². The van der Waals surface area contributed by atoms with Gasteiger partial charge in [-0.25, -0.2) is 14.2 Å². The molecule has 2 aliphatic rings. The van der Waals surface area contributed by atoms with Crippen molar-refractivity contribution >= 4 is 22.8 Å². The molecular formula is C20H25FN4O3. The quantitative estimate of drug-likeness (QED) is 0.820. The number of piperazine rings is 1. The molecular weight excluding hydrogens is 363 g/mol. The van der Waals surface area contributed by atoms with Gasteiger partial charge in [0, 0.05) is 42.0 Å². The lowest BCUT2D eigenvalue weighted by atomic mass is 10.0. The van der Waals surface area contributed by atoms with Gasteiger partial charge in [0.15, 0.2) is 11.6 Å². The Bertz CT molecular complexity index is 1060. The number of halogens is 1. The highest BCUT2D eigenvalue weighted by Crippen LogP contribution is 2.36. The minimum absolute atomic E-state index is 0.0339. The Kier molecular flexibility index (Phi) is 4.05. The molecule has 2 N–H and O–H groups in total. The summed E-state index contributed by atoms with van der Waals surface area (Å²) in [7, 11) is 0. The van der Waals surface area contributed by atoms with Crippen LogP contribution in [0.15, 0.2) is 11.0 Å². The van der Waals surface area contributed by atoms with Crippen molar-refractivity contribution in [2.24, 2.45) is 0 Å². The van der Waals surface area contributed by atoms with Gasteiger partial charge in [0.2, 0.25) is 5.43 Å². The number of carbonyl (C=O) groups is 1. The smallest absolute Gasteiger partial charge is 0.341 e. The zero-order valence-corrected chi connectivity index (χ0v) is 16.7. The fraction of sp³-hybridized carbons (Fsp3) is 0.550. The van der Waals surface area contributed by atoms with E-state index in [1.807, 2.05) is 25.7 Å². The third-order valence-corrected chi connectivity index (χ3v) is 5.94. The SMILES string of the molecule is Cc1c(F)c(N2C[C@H]3C[C@@H]2[C@H](C)N3)nc2c1c(=O)c(C(=O)O)cn2C(C)(C)C. The van der Waals surface area contributed by atoms with Crippen molar-refractivity contribution in [3.05, 3.63) is 33.4 Å². The van der Waals surface area contributed by atoms with E-state index in [4.69, 9.17) is 0 Å². The van der Waals surface area contributed by atoms with E-state index < -0.39 is 22.8 Å². The summed E-state index contributed by atoms with van der Waals surface area (Å²) >= 11 is 0. The highest BCUT2D eigenvalue weighted by Gasteiger charge is 2.44. The second-order valence-electron chi connectivity index (χ2n) is 8.90. The second kappa shape index (κ2) is 6.01. The van der Waals surface area contributed by atoms with Crippen LogP contribution in [-0.4, -0.2) is 45.3 Å². The molecule has 0 aliphatic carbocycles. The molecule has 2 aromatic heterocycles. The van der Waals surface area contributed by atoms with Gasteiger partial charge in [-0.3, -0.25) is 4.79 Å². The first-order valence-corrected chi connectivity index (χ1v) is 9.52. The summed E-state index contributed by atoms with van der Waals surface area (Å²) in [5.74, 6) is -1.63. The van der Waals surface area contributed by atoms with Crippen LogP contribution in [-0.2, 0) is 5.54 Å². The van der Waals surface area contributed by atoms with Gasteiger partial charge in [-0.2, -0.15) is 0 Å². The number of carboxylic acids is 1. The molecule has 0 unspecified atom stereocenters. The van der Waals surface area contributed by atoms with Gasteiger partial charge in [0.1, 0.15) is 11.2 Å². The number of rotatable bonds is 2. The Labute approximate surface area is 162 Å². The molecule has 0 spiro atoms. The summed E-state index contributed by atoms with van der Waals surface area (Å²) < 4.78 is 17.0. The molecule has 2 aliphatic heterocycles. The third kappa shape index (κ3) is 2.62. The van der Waals surface area contributed by atoms with Gasteiger partial charge in [-0.15, -0.1) is 0 Å². The standard InChI is InChI=1S/C20H25FN4O3/c1-9-14-16(26)12(19(27)28)8-25(20(3,4)5)17(14)23-18(15(9)21)24-7-11-6-13(24)10(2)22-11/h8,10-11,13,22H,6-7H2,1-5H3,(H,27,28)/t10-,11+,13+/m0/s1. The summed E-state index contributed by atoms with van der Waals surface area (Å²) in [6.45, 7) is 9.95. The van der Waals surface area contributed by atoms with Crippen molar-refractivity contribution < 1.29 is 14.3 Å². The molecule has 2 fully saturated rings. The summed E-state index contributed by atoms with van der Waals surface area (Å²) in [5, 5.41) is 13.0. The molecule has 150 valence electrons. The molecule has 2 aromatic rings. The molecule has 0 saturated carbocycles. The molecule has 0 aromatic carbocycles. The van der Waals surface area contributed by atoms with E-state index in [9.17, 15) is 14.7 Å². The van der Waals surface area contributed by atoms with Crippen molar-refractivity contribution in [3.63, 3.8) is 0 Å². The van der Waals surface area contributed by atoms with E-state index in [1.54, 1.807) is 4.57 Å². The number of aromatic nitrogens is 2. The summed E-state index contributed by atoms with van der Waals surface area (Å²) in [6.07, 6.45) is 2.25. The fourth-order valence-electron chi connectivity index (χ4n) is 4.52. The number of nitrogens with one attached hydrogen (secondary N) is 1. The van der Waals surface area contributed by atoms with Crippen molar-refractivity contribution in [1.82, 2.24) is 14.9 Å². The fourth-order valence-corrected chi connectivity index (χ4v) is 4.52. The lowest BCUT2D eigenvalue weighted by Crippen LogP contribution is -2.50. The molecule has 4 rings (SSSR count). The topological polar surface area (TPSA) is 87.5 Å². The van der Waals surface area contributed by atoms with Crippen LogP contribution in [0.3, 0.4) is 0 Å². The number of hydrogen-bond acceptors (Lipinski definition) is 5. The van der Waals surface area contributed by atoms with E-state index in [0.29, 0.717) is 18.2 Å². The monoisotopic (exact) mass is 388 g/mol. The molecule has 0 amide bonds. The predicted molar refractivity (Wildman–Crippen MR) is 105 cm³/mol. The van der Waals surface area contributed by atoms with E-state index >= 15 is 4.39 Å². The molecule has 0 radical (unpaired) electrons. The Morgan fingerprint density at radius 1 is 1.39 bits per heavy atom. The number of nitrogens with zero attached hydrogens (tertiary/aromatic N) is 3. The number of anilines is 1. The van der Waals surface area contributed by atoms with Crippen molar-refractivity contribution in [3.8, 4) is 0 Å². The van der Waals surface area contributed by atoms with Gasteiger partial charge in [-0.05, 0) is 41.0 Å². The van der Waals surface area contributed by atoms with E-state index in [1.165, 1.54) is 13.1 Å². The first-order chi connectivity index (χ1) is 13.0. The number of hydrogen-bond donors (Lipinski definition) is 2. The molecule has 2 bridgehead atoms. The van der Waals surface area contributed by atoms with Gasteiger partial charge < -0.3 is 19.9 Å². The van der Waals surface area contributed by atoms with Gasteiger partial charge in [0.05, 0.1) is 5.39 Å². The minimum atomic E-state index is -1.33. The summed E-state index contributed by atoms with van der Waals surface area (Å²) in [6, 6.07) is 0.684. The number of pyridine rings is 2. The van der Waals surface area contributed by atoms with Gasteiger partial charge in [-0.1, -0.05) is 0 Å². The highest BCUT2D eigenvalue weighted by atomic mass is 19.1. The van der Waals surface area contributed by atoms with Crippen LogP contribution >= 0.6 is 0 Å². The average Bonchev–Trinajstić information content (AvgIpc) is 3.15.